The number of carbonyl (C=O) groups is 1. The van der Waals surface area contributed by atoms with Crippen molar-refractivity contribution in [2.75, 3.05) is 26.3 Å². The smallest absolute Gasteiger partial charge is 0.222 e. The fourth-order valence-corrected chi connectivity index (χ4v) is 2.67. The van der Waals surface area contributed by atoms with E-state index >= 15 is 0 Å². The molecule has 0 aliphatic heterocycles. The van der Waals surface area contributed by atoms with Crippen LogP contribution in [0, 0.1) is 0 Å². The van der Waals surface area contributed by atoms with Gasteiger partial charge in [0.1, 0.15) is 6.23 Å². The molecule has 1 amide bonds. The molecular weight excluding hydrogens is 340 g/mol. The van der Waals surface area contributed by atoms with Gasteiger partial charge in [-0.15, -0.1) is 0 Å². The molecule has 8 heteroatoms. The van der Waals surface area contributed by atoms with Gasteiger partial charge in [0.05, 0.1) is 17.6 Å². The summed E-state index contributed by atoms with van der Waals surface area (Å²) in [5.41, 5.74) is -2.26. The van der Waals surface area contributed by atoms with Crippen molar-refractivity contribution in [3.63, 3.8) is 0 Å². The van der Waals surface area contributed by atoms with Gasteiger partial charge in [0.2, 0.25) is 5.91 Å². The molecule has 0 rings (SSSR count). The molecule has 0 aliphatic rings. The van der Waals surface area contributed by atoms with Gasteiger partial charge in [-0.1, -0.05) is 12.8 Å². The van der Waals surface area contributed by atoms with Gasteiger partial charge in [0.25, 0.3) is 0 Å². The standard InChI is InChI=1S/C18H38N2O6/c1-17(25,7-11-21)13-15(23)19-9-5-3-4-6-10-20-16(24)14-18(2,26)8-12-22/h15,19,21-23,25-26H,3-14H2,1-2H3,(H,20,24). The molecule has 0 aromatic heterocycles. The highest BCUT2D eigenvalue weighted by Crippen LogP contribution is 2.15. The minimum absolute atomic E-state index is 0.0184. The normalized spacial score (nSPS) is 17.3. The molecule has 3 unspecified atom stereocenters. The first kappa shape index (κ1) is 25.2. The molecule has 0 aliphatic carbocycles. The Kier molecular flexibility index (Phi) is 13.0. The average molecular weight is 379 g/mol. The fourth-order valence-electron chi connectivity index (χ4n) is 2.67. The molecule has 0 radical (unpaired) electrons. The van der Waals surface area contributed by atoms with E-state index in [1.165, 1.54) is 6.92 Å². The van der Waals surface area contributed by atoms with E-state index in [2.05, 4.69) is 10.6 Å². The molecule has 0 fully saturated rings. The van der Waals surface area contributed by atoms with E-state index in [1.807, 2.05) is 0 Å². The maximum absolute atomic E-state index is 11.7. The zero-order valence-electron chi connectivity index (χ0n) is 16.2. The molecule has 0 bridgehead atoms. The molecular formula is C18H38N2O6. The number of carbonyl (C=O) groups excluding carboxylic acids is 1. The topological polar surface area (TPSA) is 142 Å². The van der Waals surface area contributed by atoms with Crippen molar-refractivity contribution < 1.29 is 30.3 Å². The third-order valence-electron chi connectivity index (χ3n) is 4.28. The van der Waals surface area contributed by atoms with E-state index < -0.39 is 17.4 Å². The number of amides is 1. The molecule has 7 N–H and O–H groups in total. The van der Waals surface area contributed by atoms with Crippen LogP contribution in [-0.4, -0.2) is 75.2 Å². The number of nitrogens with one attached hydrogen (secondary N) is 2. The van der Waals surface area contributed by atoms with Crippen molar-refractivity contribution in [1.82, 2.24) is 10.6 Å². The fraction of sp³-hybridized carbons (Fsp3) is 0.944. The average Bonchev–Trinajstić information content (AvgIpc) is 2.48. The molecule has 8 nitrogen and oxygen atoms in total. The quantitative estimate of drug-likeness (QED) is 0.143. The lowest BCUT2D eigenvalue weighted by Crippen LogP contribution is -2.39. The Hall–Kier alpha value is -0.770. The lowest BCUT2D eigenvalue weighted by Gasteiger charge is -2.25. The van der Waals surface area contributed by atoms with Crippen LogP contribution in [0.2, 0.25) is 0 Å². The summed E-state index contributed by atoms with van der Waals surface area (Å²) >= 11 is 0. The van der Waals surface area contributed by atoms with Gasteiger partial charge in [-0.2, -0.15) is 0 Å². The Morgan fingerprint density at radius 3 is 2.04 bits per heavy atom. The van der Waals surface area contributed by atoms with E-state index in [0.29, 0.717) is 13.1 Å². The van der Waals surface area contributed by atoms with Gasteiger partial charge in [-0.05, 0) is 46.1 Å². The predicted octanol–water partition coefficient (Wildman–Crippen LogP) is -0.382. The zero-order chi connectivity index (χ0) is 20.1. The number of rotatable bonds is 16. The third-order valence-corrected chi connectivity index (χ3v) is 4.28. The summed E-state index contributed by atoms with van der Waals surface area (Å²) in [6.07, 6.45) is 3.34. The maximum atomic E-state index is 11.7. The van der Waals surface area contributed by atoms with Gasteiger partial charge in [0, 0.05) is 26.2 Å². The van der Waals surface area contributed by atoms with E-state index in [4.69, 9.17) is 10.2 Å². The zero-order valence-corrected chi connectivity index (χ0v) is 16.2. The van der Waals surface area contributed by atoms with Gasteiger partial charge in [-0.3, -0.25) is 10.1 Å². The van der Waals surface area contributed by atoms with E-state index in [9.17, 15) is 20.1 Å². The summed E-state index contributed by atoms with van der Waals surface area (Å²) in [5.74, 6) is -0.219. The molecule has 0 aromatic carbocycles. The van der Waals surface area contributed by atoms with E-state index in [1.54, 1.807) is 6.92 Å². The van der Waals surface area contributed by atoms with Crippen molar-refractivity contribution in [3.8, 4) is 0 Å². The first-order valence-corrected chi connectivity index (χ1v) is 9.46. The molecule has 0 saturated heterocycles. The van der Waals surface area contributed by atoms with Crippen LogP contribution in [0.5, 0.6) is 0 Å². The molecule has 0 heterocycles. The second-order valence-electron chi connectivity index (χ2n) is 7.56. The lowest BCUT2D eigenvalue weighted by atomic mass is 9.97. The van der Waals surface area contributed by atoms with Crippen LogP contribution in [-0.2, 0) is 4.79 Å². The van der Waals surface area contributed by atoms with Crippen LogP contribution in [0.3, 0.4) is 0 Å². The Bertz CT molecular complexity index is 377. The monoisotopic (exact) mass is 378 g/mol. The van der Waals surface area contributed by atoms with Gasteiger partial charge in [0.15, 0.2) is 0 Å². The largest absolute Gasteiger partial charge is 0.396 e. The van der Waals surface area contributed by atoms with Crippen LogP contribution in [0.15, 0.2) is 0 Å². The van der Waals surface area contributed by atoms with Crippen LogP contribution in [0.4, 0.5) is 0 Å². The summed E-state index contributed by atoms with van der Waals surface area (Å²) in [7, 11) is 0. The number of hydrogen-bond donors (Lipinski definition) is 7. The van der Waals surface area contributed by atoms with E-state index in [0.717, 1.165) is 25.7 Å². The minimum atomic E-state index is -1.17. The SMILES string of the molecule is CC(O)(CCO)CC(=O)NCCCCCCNC(O)CC(C)(O)CCO. The molecule has 0 spiro atoms. The number of unbranched alkanes of at least 4 members (excludes halogenated alkanes) is 3. The Balaban J connectivity index is 3.60. The minimum Gasteiger partial charge on any atom is -0.396 e. The van der Waals surface area contributed by atoms with Gasteiger partial charge in [-0.25, -0.2) is 0 Å². The maximum Gasteiger partial charge on any atom is 0.222 e. The van der Waals surface area contributed by atoms with Crippen LogP contribution >= 0.6 is 0 Å². The Morgan fingerprint density at radius 2 is 1.46 bits per heavy atom. The summed E-state index contributed by atoms with van der Waals surface area (Å²) in [5, 5.41) is 52.9. The highest BCUT2D eigenvalue weighted by atomic mass is 16.3. The number of hydrogen-bond acceptors (Lipinski definition) is 7. The van der Waals surface area contributed by atoms with Crippen molar-refractivity contribution >= 4 is 5.91 Å². The summed E-state index contributed by atoms with van der Waals surface area (Å²) < 4.78 is 0. The second-order valence-corrected chi connectivity index (χ2v) is 7.56. The lowest BCUT2D eigenvalue weighted by molar-refractivity contribution is -0.125. The van der Waals surface area contributed by atoms with Crippen LogP contribution < -0.4 is 10.6 Å². The Morgan fingerprint density at radius 1 is 0.923 bits per heavy atom. The van der Waals surface area contributed by atoms with Crippen molar-refractivity contribution in [3.05, 3.63) is 0 Å². The van der Waals surface area contributed by atoms with Crippen molar-refractivity contribution in [2.24, 2.45) is 0 Å². The Labute approximate surface area is 156 Å². The van der Waals surface area contributed by atoms with Gasteiger partial charge < -0.3 is 30.8 Å². The molecule has 3 atom stereocenters. The van der Waals surface area contributed by atoms with Crippen molar-refractivity contribution in [2.45, 2.75) is 82.6 Å². The molecule has 26 heavy (non-hydrogen) atoms. The van der Waals surface area contributed by atoms with Crippen LogP contribution in [0.25, 0.3) is 0 Å². The highest BCUT2D eigenvalue weighted by Gasteiger charge is 2.24. The molecule has 0 saturated carbocycles. The second kappa shape index (κ2) is 13.4. The first-order valence-electron chi connectivity index (χ1n) is 9.46. The summed E-state index contributed by atoms with van der Waals surface area (Å²) in [4.78, 5) is 11.7. The highest BCUT2D eigenvalue weighted by molar-refractivity contribution is 5.76. The predicted molar refractivity (Wildman–Crippen MR) is 99.4 cm³/mol. The molecule has 156 valence electrons. The number of aliphatic hydroxyl groups excluding tert-OH is 3. The number of aliphatic hydroxyl groups is 5. The van der Waals surface area contributed by atoms with Crippen LogP contribution in [0.1, 0.15) is 65.2 Å². The first-order chi connectivity index (χ1) is 12.1. The van der Waals surface area contributed by atoms with E-state index in [-0.39, 0.29) is 44.8 Å². The summed E-state index contributed by atoms with van der Waals surface area (Å²) in [6, 6.07) is 0. The van der Waals surface area contributed by atoms with Crippen molar-refractivity contribution in [1.29, 1.82) is 0 Å². The molecule has 0 aromatic rings. The van der Waals surface area contributed by atoms with Gasteiger partial charge >= 0.3 is 0 Å². The third kappa shape index (κ3) is 14.4. The summed E-state index contributed by atoms with van der Waals surface area (Å²) in [6.45, 7) is 4.04.